The molecule has 0 aliphatic rings. The van der Waals surface area contributed by atoms with Crippen molar-refractivity contribution in [3.05, 3.63) is 88.9 Å². The van der Waals surface area contributed by atoms with Gasteiger partial charge in [-0.05, 0) is 48.0 Å². The Kier molecular flexibility index (Phi) is 8.00. The van der Waals surface area contributed by atoms with E-state index in [1.54, 1.807) is 36.4 Å². The van der Waals surface area contributed by atoms with Crippen LogP contribution < -0.4 is 15.4 Å². The number of ether oxygens (including phenoxy) is 2. The second-order valence-electron chi connectivity index (χ2n) is 6.40. The normalized spacial score (nSPS) is 10.3. The molecule has 30 heavy (non-hydrogen) atoms. The predicted molar refractivity (Wildman–Crippen MR) is 119 cm³/mol. The van der Waals surface area contributed by atoms with Gasteiger partial charge >= 0.3 is 0 Å². The average molecular weight is 469 g/mol. The molecular formula is C23H21BrN2O4. The van der Waals surface area contributed by atoms with Crippen LogP contribution in [0.4, 0.5) is 11.4 Å². The van der Waals surface area contributed by atoms with E-state index in [-0.39, 0.29) is 25.0 Å². The molecule has 0 aliphatic carbocycles. The first kappa shape index (κ1) is 21.5. The molecule has 0 unspecified atom stereocenters. The summed E-state index contributed by atoms with van der Waals surface area (Å²) >= 11 is 3.34. The summed E-state index contributed by atoms with van der Waals surface area (Å²) in [7, 11) is 0. The first-order valence-corrected chi connectivity index (χ1v) is 10.1. The first-order chi connectivity index (χ1) is 14.6. The molecule has 0 heterocycles. The zero-order chi connectivity index (χ0) is 21.2. The van der Waals surface area contributed by atoms with Gasteiger partial charge in [-0.25, -0.2) is 0 Å². The second kappa shape index (κ2) is 11.1. The minimum Gasteiger partial charge on any atom is -0.489 e. The highest BCUT2D eigenvalue weighted by Crippen LogP contribution is 2.17. The number of carbonyl (C=O) groups is 2. The lowest BCUT2D eigenvalue weighted by molar-refractivity contribution is -0.125. The topological polar surface area (TPSA) is 76.7 Å². The van der Waals surface area contributed by atoms with Gasteiger partial charge in [-0.1, -0.05) is 52.3 Å². The lowest BCUT2D eigenvalue weighted by Gasteiger charge is -2.09. The van der Waals surface area contributed by atoms with E-state index in [0.717, 1.165) is 10.0 Å². The van der Waals surface area contributed by atoms with Crippen molar-refractivity contribution in [3.63, 3.8) is 0 Å². The maximum Gasteiger partial charge on any atom is 0.250 e. The van der Waals surface area contributed by atoms with Gasteiger partial charge in [-0.2, -0.15) is 0 Å². The molecule has 154 valence electrons. The van der Waals surface area contributed by atoms with Gasteiger partial charge in [0.15, 0.2) is 0 Å². The van der Waals surface area contributed by atoms with E-state index in [2.05, 4.69) is 26.6 Å². The molecule has 3 rings (SSSR count). The Morgan fingerprint density at radius 3 is 2.10 bits per heavy atom. The largest absolute Gasteiger partial charge is 0.489 e. The SMILES string of the molecule is O=C(COCC(=O)Nc1cccc(Br)c1)Nc1ccc(OCc2ccccc2)cc1. The van der Waals surface area contributed by atoms with E-state index in [4.69, 9.17) is 9.47 Å². The van der Waals surface area contributed by atoms with E-state index in [9.17, 15) is 9.59 Å². The van der Waals surface area contributed by atoms with Crippen molar-refractivity contribution in [2.24, 2.45) is 0 Å². The van der Waals surface area contributed by atoms with Crippen LogP contribution in [-0.4, -0.2) is 25.0 Å². The van der Waals surface area contributed by atoms with Gasteiger partial charge in [0.25, 0.3) is 0 Å². The van der Waals surface area contributed by atoms with Crippen LogP contribution in [0.15, 0.2) is 83.3 Å². The lowest BCUT2D eigenvalue weighted by Crippen LogP contribution is -2.23. The molecule has 0 atom stereocenters. The molecule has 2 N–H and O–H groups in total. The number of rotatable bonds is 9. The Bertz CT molecular complexity index is 978. The van der Waals surface area contributed by atoms with Crippen molar-refractivity contribution in [2.45, 2.75) is 6.61 Å². The summed E-state index contributed by atoms with van der Waals surface area (Å²) in [6, 6.07) is 24.1. The van der Waals surface area contributed by atoms with Gasteiger partial charge in [0.2, 0.25) is 11.8 Å². The third kappa shape index (κ3) is 7.35. The van der Waals surface area contributed by atoms with Gasteiger partial charge in [-0.15, -0.1) is 0 Å². The molecule has 0 aliphatic heterocycles. The van der Waals surface area contributed by atoms with Crippen LogP contribution in [0.25, 0.3) is 0 Å². The van der Waals surface area contributed by atoms with E-state index in [1.807, 2.05) is 42.5 Å². The maximum atomic E-state index is 12.0. The maximum absolute atomic E-state index is 12.0. The molecule has 0 fully saturated rings. The van der Waals surface area contributed by atoms with Crippen molar-refractivity contribution in [3.8, 4) is 5.75 Å². The number of anilines is 2. The molecule has 3 aromatic rings. The van der Waals surface area contributed by atoms with Crippen molar-refractivity contribution in [1.29, 1.82) is 0 Å². The summed E-state index contributed by atoms with van der Waals surface area (Å²) in [6.45, 7) is 0.0345. The quantitative estimate of drug-likeness (QED) is 0.480. The zero-order valence-electron chi connectivity index (χ0n) is 16.1. The zero-order valence-corrected chi connectivity index (χ0v) is 17.7. The van der Waals surface area contributed by atoms with E-state index < -0.39 is 0 Å². The first-order valence-electron chi connectivity index (χ1n) is 9.28. The summed E-state index contributed by atoms with van der Waals surface area (Å²) in [5.74, 6) is 0.0290. The summed E-state index contributed by atoms with van der Waals surface area (Å²) in [4.78, 5) is 23.9. The minimum absolute atomic E-state index is 0.216. The van der Waals surface area contributed by atoms with Gasteiger partial charge in [0.05, 0.1) is 0 Å². The molecule has 0 radical (unpaired) electrons. The number of hydrogen-bond acceptors (Lipinski definition) is 4. The number of nitrogens with one attached hydrogen (secondary N) is 2. The highest BCUT2D eigenvalue weighted by Gasteiger charge is 2.07. The van der Waals surface area contributed by atoms with Crippen LogP contribution in [0.5, 0.6) is 5.75 Å². The Hall–Kier alpha value is -3.16. The third-order valence-electron chi connectivity index (χ3n) is 3.96. The summed E-state index contributed by atoms with van der Waals surface area (Å²) in [5, 5.41) is 5.41. The number of halogens is 1. The third-order valence-corrected chi connectivity index (χ3v) is 4.45. The van der Waals surface area contributed by atoms with Gasteiger partial charge in [-0.3, -0.25) is 9.59 Å². The smallest absolute Gasteiger partial charge is 0.250 e. The summed E-state index contributed by atoms with van der Waals surface area (Å²) in [6.07, 6.45) is 0. The molecule has 0 saturated heterocycles. The molecule has 3 aromatic carbocycles. The fourth-order valence-electron chi connectivity index (χ4n) is 2.57. The number of amides is 2. The van der Waals surface area contributed by atoms with Crippen LogP contribution in [0, 0.1) is 0 Å². The Labute approximate surface area is 183 Å². The van der Waals surface area contributed by atoms with Crippen molar-refractivity contribution >= 4 is 39.1 Å². The van der Waals surface area contributed by atoms with Crippen LogP contribution in [-0.2, 0) is 20.9 Å². The van der Waals surface area contributed by atoms with Crippen molar-refractivity contribution in [2.75, 3.05) is 23.8 Å². The fourth-order valence-corrected chi connectivity index (χ4v) is 2.97. The van der Waals surface area contributed by atoms with Crippen LogP contribution in [0.2, 0.25) is 0 Å². The molecular weight excluding hydrogens is 448 g/mol. The second-order valence-corrected chi connectivity index (χ2v) is 7.31. The Morgan fingerprint density at radius 1 is 0.767 bits per heavy atom. The molecule has 6 nitrogen and oxygen atoms in total. The highest BCUT2D eigenvalue weighted by atomic mass is 79.9. The molecule has 7 heteroatoms. The highest BCUT2D eigenvalue weighted by molar-refractivity contribution is 9.10. The summed E-state index contributed by atoms with van der Waals surface area (Å²) in [5.41, 5.74) is 2.35. The molecule has 0 spiro atoms. The van der Waals surface area contributed by atoms with Crippen molar-refractivity contribution < 1.29 is 19.1 Å². The summed E-state index contributed by atoms with van der Waals surface area (Å²) < 4.78 is 11.8. The monoisotopic (exact) mass is 468 g/mol. The van der Waals surface area contributed by atoms with Crippen LogP contribution in [0.1, 0.15) is 5.56 Å². The van der Waals surface area contributed by atoms with Gasteiger partial charge in [0.1, 0.15) is 25.6 Å². The fraction of sp³-hybridized carbons (Fsp3) is 0.130. The number of carbonyl (C=O) groups excluding carboxylic acids is 2. The average Bonchev–Trinajstić information content (AvgIpc) is 2.74. The van der Waals surface area contributed by atoms with Gasteiger partial charge in [0, 0.05) is 15.8 Å². The van der Waals surface area contributed by atoms with E-state index in [1.165, 1.54) is 0 Å². The van der Waals surface area contributed by atoms with Crippen LogP contribution in [0.3, 0.4) is 0 Å². The molecule has 0 saturated carbocycles. The molecule has 2 amide bonds. The van der Waals surface area contributed by atoms with E-state index >= 15 is 0 Å². The van der Waals surface area contributed by atoms with E-state index in [0.29, 0.717) is 23.7 Å². The van der Waals surface area contributed by atoms with Crippen molar-refractivity contribution in [1.82, 2.24) is 0 Å². The Morgan fingerprint density at radius 2 is 1.43 bits per heavy atom. The lowest BCUT2D eigenvalue weighted by atomic mass is 10.2. The Balaban J connectivity index is 1.36. The number of hydrogen-bond donors (Lipinski definition) is 2. The standard InChI is InChI=1S/C23H21BrN2O4/c24-18-7-4-8-20(13-18)26-23(28)16-29-15-22(27)25-19-9-11-21(12-10-19)30-14-17-5-2-1-3-6-17/h1-13H,14-16H2,(H,25,27)(H,26,28). The minimum atomic E-state index is -0.344. The van der Waals surface area contributed by atoms with Crippen LogP contribution >= 0.6 is 15.9 Å². The molecule has 0 bridgehead atoms. The number of benzene rings is 3. The predicted octanol–water partition coefficient (Wildman–Crippen LogP) is 4.62. The van der Waals surface area contributed by atoms with Gasteiger partial charge < -0.3 is 20.1 Å². The molecule has 0 aromatic heterocycles.